The molecule has 6 rings (SSSR count). The average Bonchev–Trinajstić information content (AvgIpc) is 3.54. The minimum atomic E-state index is 0.559. The first-order valence-corrected chi connectivity index (χ1v) is 8.55. The summed E-state index contributed by atoms with van der Waals surface area (Å²) in [6.07, 6.45) is 12.8. The van der Waals surface area contributed by atoms with E-state index < -0.39 is 0 Å². The Hall–Kier alpha value is -2.76. The number of nitrogens with zero attached hydrogens (tertiary/aromatic N) is 5. The maximum atomic E-state index is 4.88. The molecule has 4 heterocycles. The molecule has 0 aromatic carbocycles. The largest absolute Gasteiger partial charge is 0.345 e. The van der Waals surface area contributed by atoms with Crippen LogP contribution in [0.4, 0.5) is 0 Å². The van der Waals surface area contributed by atoms with E-state index in [-0.39, 0.29) is 0 Å². The van der Waals surface area contributed by atoms with Crippen molar-refractivity contribution in [3.05, 3.63) is 42.2 Å². The van der Waals surface area contributed by atoms with E-state index in [1.165, 1.54) is 31.2 Å². The van der Waals surface area contributed by atoms with Gasteiger partial charge in [-0.3, -0.25) is 0 Å². The number of aromatic nitrogens is 6. The molecule has 0 unspecified atom stereocenters. The third-order valence-electron chi connectivity index (χ3n) is 5.08. The fourth-order valence-corrected chi connectivity index (χ4v) is 3.39. The molecule has 4 aromatic rings. The van der Waals surface area contributed by atoms with E-state index in [1.807, 2.05) is 35.4 Å². The van der Waals surface area contributed by atoms with Crippen molar-refractivity contribution in [3.63, 3.8) is 0 Å². The molecular formula is C18H16N6. The van der Waals surface area contributed by atoms with Crippen molar-refractivity contribution in [2.45, 2.75) is 37.5 Å². The second-order valence-electron chi connectivity index (χ2n) is 6.92. The third kappa shape index (κ3) is 1.82. The van der Waals surface area contributed by atoms with Crippen molar-refractivity contribution in [3.8, 4) is 11.3 Å². The molecule has 6 heteroatoms. The van der Waals surface area contributed by atoms with Crippen LogP contribution in [0.5, 0.6) is 0 Å². The molecule has 2 aliphatic carbocycles. The van der Waals surface area contributed by atoms with E-state index in [0.29, 0.717) is 11.8 Å². The average molecular weight is 316 g/mol. The lowest BCUT2D eigenvalue weighted by molar-refractivity contribution is 0.940. The highest BCUT2D eigenvalue weighted by Crippen LogP contribution is 2.42. The van der Waals surface area contributed by atoms with Crippen LogP contribution in [-0.2, 0) is 0 Å². The van der Waals surface area contributed by atoms with Crippen LogP contribution < -0.4 is 0 Å². The van der Waals surface area contributed by atoms with Gasteiger partial charge < -0.3 is 4.98 Å². The Morgan fingerprint density at radius 2 is 1.92 bits per heavy atom. The molecule has 0 amide bonds. The zero-order valence-corrected chi connectivity index (χ0v) is 13.1. The highest BCUT2D eigenvalue weighted by Gasteiger charge is 2.28. The number of rotatable bonds is 3. The van der Waals surface area contributed by atoms with Crippen LogP contribution in [0.15, 0.2) is 30.9 Å². The molecule has 1 N–H and O–H groups in total. The number of hydrogen-bond donors (Lipinski definition) is 1. The number of aromatic amines is 1. The lowest BCUT2D eigenvalue weighted by Crippen LogP contribution is -1.94. The van der Waals surface area contributed by atoms with Crippen molar-refractivity contribution in [2.75, 3.05) is 0 Å². The Bertz CT molecular complexity index is 1080. The van der Waals surface area contributed by atoms with Crippen molar-refractivity contribution < 1.29 is 0 Å². The van der Waals surface area contributed by atoms with Crippen molar-refractivity contribution in [1.29, 1.82) is 0 Å². The zero-order chi connectivity index (χ0) is 15.7. The zero-order valence-electron chi connectivity index (χ0n) is 13.1. The molecule has 118 valence electrons. The van der Waals surface area contributed by atoms with Gasteiger partial charge in [-0.25, -0.2) is 19.5 Å². The summed E-state index contributed by atoms with van der Waals surface area (Å²) in [6.45, 7) is 0. The topological polar surface area (TPSA) is 71.8 Å². The summed E-state index contributed by atoms with van der Waals surface area (Å²) >= 11 is 0. The van der Waals surface area contributed by atoms with Crippen LogP contribution in [0.3, 0.4) is 0 Å². The van der Waals surface area contributed by atoms with E-state index in [1.54, 1.807) is 0 Å². The van der Waals surface area contributed by atoms with Gasteiger partial charge in [0.15, 0.2) is 5.65 Å². The summed E-state index contributed by atoms with van der Waals surface area (Å²) < 4.78 is 1.87. The summed E-state index contributed by atoms with van der Waals surface area (Å²) in [4.78, 5) is 17.4. The summed E-state index contributed by atoms with van der Waals surface area (Å²) in [6, 6.07) is 2.01. The molecule has 2 saturated carbocycles. The third-order valence-corrected chi connectivity index (χ3v) is 5.08. The van der Waals surface area contributed by atoms with Gasteiger partial charge in [0.05, 0.1) is 11.9 Å². The predicted octanol–water partition coefficient (Wildman–Crippen LogP) is 3.42. The van der Waals surface area contributed by atoms with Crippen molar-refractivity contribution in [1.82, 2.24) is 29.5 Å². The van der Waals surface area contributed by atoms with Gasteiger partial charge in [0, 0.05) is 41.0 Å². The predicted molar refractivity (Wildman–Crippen MR) is 89.8 cm³/mol. The molecule has 0 radical (unpaired) electrons. The van der Waals surface area contributed by atoms with E-state index in [4.69, 9.17) is 4.98 Å². The van der Waals surface area contributed by atoms with Crippen LogP contribution in [0.2, 0.25) is 0 Å². The SMILES string of the molecule is c1cn2ncc(C3CC3)c2nc1-c1c[nH]c2nc(C3CC3)ncc12. The van der Waals surface area contributed by atoms with Gasteiger partial charge in [-0.05, 0) is 37.7 Å². The lowest BCUT2D eigenvalue weighted by atomic mass is 10.1. The first-order valence-electron chi connectivity index (χ1n) is 8.55. The smallest absolute Gasteiger partial charge is 0.159 e. The maximum Gasteiger partial charge on any atom is 0.159 e. The first-order chi connectivity index (χ1) is 11.9. The molecule has 2 aliphatic rings. The molecule has 4 aromatic heterocycles. The minimum absolute atomic E-state index is 0.559. The fraction of sp³-hybridized carbons (Fsp3) is 0.333. The fourth-order valence-electron chi connectivity index (χ4n) is 3.39. The Balaban J connectivity index is 1.51. The van der Waals surface area contributed by atoms with Gasteiger partial charge in [-0.15, -0.1) is 0 Å². The highest BCUT2D eigenvalue weighted by atomic mass is 15.2. The summed E-state index contributed by atoms with van der Waals surface area (Å²) in [5, 5.41) is 5.46. The second-order valence-corrected chi connectivity index (χ2v) is 6.92. The standard InChI is InChI=1S/C18H16N6/c1-2-10(1)12-9-21-24-6-5-15(22-18(12)24)13-7-20-17-14(13)8-19-16(23-17)11-3-4-11/h5-11H,1-4H2,(H,19,20,23). The minimum Gasteiger partial charge on any atom is -0.345 e. The number of nitrogens with one attached hydrogen (secondary N) is 1. The Morgan fingerprint density at radius 3 is 2.75 bits per heavy atom. The molecule has 0 spiro atoms. The summed E-state index contributed by atoms with van der Waals surface area (Å²) in [5.41, 5.74) is 5.14. The lowest BCUT2D eigenvalue weighted by Gasteiger charge is -2.02. The quantitative estimate of drug-likeness (QED) is 0.628. The molecule has 6 nitrogen and oxygen atoms in total. The van der Waals surface area contributed by atoms with Crippen LogP contribution in [0.1, 0.15) is 48.9 Å². The summed E-state index contributed by atoms with van der Waals surface area (Å²) in [5.74, 6) is 2.16. The van der Waals surface area contributed by atoms with Crippen LogP contribution in [0, 0.1) is 0 Å². The molecule has 2 fully saturated rings. The summed E-state index contributed by atoms with van der Waals surface area (Å²) in [7, 11) is 0. The number of fused-ring (bicyclic) bond motifs is 2. The number of hydrogen-bond acceptors (Lipinski definition) is 4. The molecule has 0 atom stereocenters. The van der Waals surface area contributed by atoms with E-state index >= 15 is 0 Å². The molecule has 0 saturated heterocycles. The van der Waals surface area contributed by atoms with Gasteiger partial charge in [0.2, 0.25) is 0 Å². The number of H-pyrrole nitrogens is 1. The monoisotopic (exact) mass is 316 g/mol. The van der Waals surface area contributed by atoms with Crippen molar-refractivity contribution >= 4 is 16.7 Å². The molecule has 0 bridgehead atoms. The van der Waals surface area contributed by atoms with Crippen LogP contribution >= 0.6 is 0 Å². The highest BCUT2D eigenvalue weighted by molar-refractivity contribution is 5.92. The Kier molecular flexibility index (Phi) is 2.32. The van der Waals surface area contributed by atoms with E-state index in [0.717, 1.165) is 33.8 Å². The van der Waals surface area contributed by atoms with Gasteiger partial charge >= 0.3 is 0 Å². The van der Waals surface area contributed by atoms with Gasteiger partial charge in [0.25, 0.3) is 0 Å². The van der Waals surface area contributed by atoms with Gasteiger partial charge in [-0.1, -0.05) is 0 Å². The van der Waals surface area contributed by atoms with E-state index in [9.17, 15) is 0 Å². The van der Waals surface area contributed by atoms with Crippen LogP contribution in [0.25, 0.3) is 27.9 Å². The Morgan fingerprint density at radius 1 is 1.04 bits per heavy atom. The van der Waals surface area contributed by atoms with Crippen molar-refractivity contribution in [2.24, 2.45) is 0 Å². The van der Waals surface area contributed by atoms with Gasteiger partial charge in [0.1, 0.15) is 11.5 Å². The molecule has 0 aliphatic heterocycles. The maximum absolute atomic E-state index is 4.88. The molecule has 24 heavy (non-hydrogen) atoms. The first kappa shape index (κ1) is 12.6. The van der Waals surface area contributed by atoms with Crippen LogP contribution in [-0.4, -0.2) is 29.5 Å². The Labute approximate surface area is 138 Å². The normalized spacial score (nSPS) is 17.8. The van der Waals surface area contributed by atoms with Gasteiger partial charge in [-0.2, -0.15) is 5.10 Å². The van der Waals surface area contributed by atoms with E-state index in [2.05, 4.69) is 20.1 Å². The molecular weight excluding hydrogens is 300 g/mol. The second kappa shape index (κ2) is 4.41.